The summed E-state index contributed by atoms with van der Waals surface area (Å²) in [5.74, 6) is 0. The van der Waals surface area contributed by atoms with E-state index >= 15 is 0 Å². The SMILES string of the molecule is CN(C)C(=O)NCCNS(=O)(=O)c1ccc(Br)cc1. The third-order valence-corrected chi connectivity index (χ3v) is 4.23. The van der Waals surface area contributed by atoms with E-state index in [4.69, 9.17) is 0 Å². The lowest BCUT2D eigenvalue weighted by Crippen LogP contribution is -2.39. The Kier molecular flexibility index (Phi) is 5.77. The van der Waals surface area contributed by atoms with Gasteiger partial charge in [-0.3, -0.25) is 0 Å². The van der Waals surface area contributed by atoms with E-state index < -0.39 is 10.0 Å². The van der Waals surface area contributed by atoms with Crippen LogP contribution in [0.2, 0.25) is 0 Å². The van der Waals surface area contributed by atoms with E-state index in [0.29, 0.717) is 0 Å². The molecule has 1 rings (SSSR count). The summed E-state index contributed by atoms with van der Waals surface area (Å²) < 4.78 is 27.0. The van der Waals surface area contributed by atoms with Crippen molar-refractivity contribution >= 4 is 32.0 Å². The lowest BCUT2D eigenvalue weighted by Gasteiger charge is -2.12. The van der Waals surface area contributed by atoms with Crippen molar-refractivity contribution in [1.82, 2.24) is 14.9 Å². The summed E-state index contributed by atoms with van der Waals surface area (Å²) >= 11 is 3.24. The van der Waals surface area contributed by atoms with Crippen molar-refractivity contribution in [3.8, 4) is 0 Å². The molecule has 1 aromatic carbocycles. The number of nitrogens with zero attached hydrogens (tertiary/aromatic N) is 1. The van der Waals surface area contributed by atoms with Crippen molar-refractivity contribution in [2.75, 3.05) is 27.2 Å². The Morgan fingerprint density at radius 3 is 2.32 bits per heavy atom. The van der Waals surface area contributed by atoms with Gasteiger partial charge >= 0.3 is 6.03 Å². The van der Waals surface area contributed by atoms with Crippen LogP contribution >= 0.6 is 15.9 Å². The minimum Gasteiger partial charge on any atom is -0.337 e. The minimum atomic E-state index is -3.53. The molecule has 0 saturated heterocycles. The zero-order valence-electron chi connectivity index (χ0n) is 10.7. The van der Waals surface area contributed by atoms with Crippen LogP contribution in [0.1, 0.15) is 0 Å². The Labute approximate surface area is 121 Å². The maximum atomic E-state index is 11.9. The maximum absolute atomic E-state index is 11.9. The van der Waals surface area contributed by atoms with Crippen LogP contribution in [-0.4, -0.2) is 46.5 Å². The first-order valence-corrected chi connectivity index (χ1v) is 7.81. The quantitative estimate of drug-likeness (QED) is 0.778. The van der Waals surface area contributed by atoms with Gasteiger partial charge in [0, 0.05) is 31.7 Å². The number of amides is 2. The highest BCUT2D eigenvalue weighted by Gasteiger charge is 2.13. The number of benzene rings is 1. The Balaban J connectivity index is 2.48. The standard InChI is InChI=1S/C11H16BrN3O3S/c1-15(2)11(16)13-7-8-14-19(17,18)10-5-3-9(12)4-6-10/h3-6,14H,7-8H2,1-2H3,(H,13,16). The van der Waals surface area contributed by atoms with E-state index in [2.05, 4.69) is 26.0 Å². The average molecular weight is 350 g/mol. The first-order valence-electron chi connectivity index (χ1n) is 5.53. The molecule has 106 valence electrons. The average Bonchev–Trinajstić information content (AvgIpc) is 2.34. The molecule has 19 heavy (non-hydrogen) atoms. The predicted octanol–water partition coefficient (Wildman–Crippen LogP) is 0.999. The number of sulfonamides is 1. The lowest BCUT2D eigenvalue weighted by atomic mass is 10.4. The van der Waals surface area contributed by atoms with Gasteiger partial charge in [0.2, 0.25) is 10.0 Å². The van der Waals surface area contributed by atoms with Crippen LogP contribution in [0, 0.1) is 0 Å². The number of urea groups is 1. The Hall–Kier alpha value is -1.12. The van der Waals surface area contributed by atoms with Crippen LogP contribution in [0.25, 0.3) is 0 Å². The molecule has 0 saturated carbocycles. The molecule has 0 aliphatic rings. The predicted molar refractivity (Wildman–Crippen MR) is 76.4 cm³/mol. The molecule has 0 atom stereocenters. The highest BCUT2D eigenvalue weighted by Crippen LogP contribution is 2.14. The van der Waals surface area contributed by atoms with Crippen molar-refractivity contribution in [1.29, 1.82) is 0 Å². The van der Waals surface area contributed by atoms with E-state index in [1.807, 2.05) is 0 Å². The molecule has 0 unspecified atom stereocenters. The summed E-state index contributed by atoms with van der Waals surface area (Å²) in [6.07, 6.45) is 0. The number of rotatable bonds is 5. The van der Waals surface area contributed by atoms with Gasteiger partial charge in [-0.2, -0.15) is 0 Å². The molecule has 2 N–H and O–H groups in total. The third kappa shape index (κ3) is 5.17. The normalized spacial score (nSPS) is 11.1. The van der Waals surface area contributed by atoms with Gasteiger partial charge in [-0.25, -0.2) is 17.9 Å². The summed E-state index contributed by atoms with van der Waals surface area (Å²) in [7, 11) is -0.306. The summed E-state index contributed by atoms with van der Waals surface area (Å²) in [6, 6.07) is 6.06. The van der Waals surface area contributed by atoms with Crippen LogP contribution in [0.5, 0.6) is 0 Å². The summed E-state index contributed by atoms with van der Waals surface area (Å²) in [5, 5.41) is 2.57. The second-order valence-corrected chi connectivity index (χ2v) is 6.66. The minimum absolute atomic E-state index is 0.137. The molecule has 0 radical (unpaired) electrons. The number of hydrogen-bond donors (Lipinski definition) is 2. The molecule has 0 aliphatic carbocycles. The molecule has 2 amide bonds. The van der Waals surface area contributed by atoms with Gasteiger partial charge in [0.05, 0.1) is 4.90 Å². The number of carbonyl (C=O) groups is 1. The topological polar surface area (TPSA) is 78.5 Å². The van der Waals surface area contributed by atoms with Crippen LogP contribution in [0.4, 0.5) is 4.79 Å². The highest BCUT2D eigenvalue weighted by atomic mass is 79.9. The van der Waals surface area contributed by atoms with Crippen molar-refractivity contribution in [3.05, 3.63) is 28.7 Å². The van der Waals surface area contributed by atoms with Crippen molar-refractivity contribution in [3.63, 3.8) is 0 Å². The van der Waals surface area contributed by atoms with E-state index in [1.165, 1.54) is 17.0 Å². The second kappa shape index (κ2) is 6.88. The van der Waals surface area contributed by atoms with Crippen LogP contribution in [0.3, 0.4) is 0 Å². The van der Waals surface area contributed by atoms with Crippen molar-refractivity contribution in [2.24, 2.45) is 0 Å². The molecular weight excluding hydrogens is 334 g/mol. The molecule has 6 nitrogen and oxygen atoms in total. The van der Waals surface area contributed by atoms with Gasteiger partial charge in [0.15, 0.2) is 0 Å². The third-order valence-electron chi connectivity index (χ3n) is 2.22. The monoisotopic (exact) mass is 349 g/mol. The summed E-state index contributed by atoms with van der Waals surface area (Å²) in [5.41, 5.74) is 0. The molecule has 0 aromatic heterocycles. The smallest absolute Gasteiger partial charge is 0.316 e. The second-order valence-electron chi connectivity index (χ2n) is 3.98. The largest absolute Gasteiger partial charge is 0.337 e. The first kappa shape index (κ1) is 15.9. The molecule has 0 heterocycles. The summed E-state index contributed by atoms with van der Waals surface area (Å²) in [4.78, 5) is 12.8. The number of nitrogens with one attached hydrogen (secondary N) is 2. The Morgan fingerprint density at radius 2 is 1.79 bits per heavy atom. The molecule has 8 heteroatoms. The van der Waals surface area contributed by atoms with Gasteiger partial charge in [0.25, 0.3) is 0 Å². The number of carbonyl (C=O) groups excluding carboxylic acids is 1. The Bertz CT molecular complexity index is 529. The fourth-order valence-corrected chi connectivity index (χ4v) is 2.51. The van der Waals surface area contributed by atoms with Gasteiger partial charge in [-0.05, 0) is 24.3 Å². The van der Waals surface area contributed by atoms with Crippen LogP contribution < -0.4 is 10.0 Å². The van der Waals surface area contributed by atoms with E-state index in [1.54, 1.807) is 26.2 Å². The van der Waals surface area contributed by atoms with E-state index in [0.717, 1.165) is 4.47 Å². The first-order chi connectivity index (χ1) is 8.83. The fraction of sp³-hybridized carbons (Fsp3) is 0.364. The van der Waals surface area contributed by atoms with E-state index in [-0.39, 0.29) is 24.0 Å². The Morgan fingerprint density at radius 1 is 1.21 bits per heavy atom. The van der Waals surface area contributed by atoms with Crippen LogP contribution in [0.15, 0.2) is 33.6 Å². The molecule has 0 aliphatic heterocycles. The molecule has 0 spiro atoms. The molecular formula is C11H16BrN3O3S. The molecule has 1 aromatic rings. The van der Waals surface area contributed by atoms with Crippen molar-refractivity contribution in [2.45, 2.75) is 4.90 Å². The highest BCUT2D eigenvalue weighted by molar-refractivity contribution is 9.10. The summed E-state index contributed by atoms with van der Waals surface area (Å²) in [6.45, 7) is 0.366. The van der Waals surface area contributed by atoms with E-state index in [9.17, 15) is 13.2 Å². The van der Waals surface area contributed by atoms with Gasteiger partial charge in [-0.15, -0.1) is 0 Å². The van der Waals surface area contributed by atoms with Gasteiger partial charge in [-0.1, -0.05) is 15.9 Å². The zero-order chi connectivity index (χ0) is 14.5. The van der Waals surface area contributed by atoms with Crippen molar-refractivity contribution < 1.29 is 13.2 Å². The molecule has 0 fully saturated rings. The fourth-order valence-electron chi connectivity index (χ4n) is 1.21. The zero-order valence-corrected chi connectivity index (χ0v) is 13.1. The lowest BCUT2D eigenvalue weighted by molar-refractivity contribution is 0.217. The van der Waals surface area contributed by atoms with Gasteiger partial charge < -0.3 is 10.2 Å². The molecule has 0 bridgehead atoms. The number of hydrogen-bond acceptors (Lipinski definition) is 3. The van der Waals surface area contributed by atoms with Gasteiger partial charge in [0.1, 0.15) is 0 Å². The maximum Gasteiger partial charge on any atom is 0.316 e. The number of halogens is 1. The van der Waals surface area contributed by atoms with Crippen LogP contribution in [-0.2, 0) is 10.0 Å².